The second-order valence-electron chi connectivity index (χ2n) is 2.95. The van der Waals surface area contributed by atoms with Gasteiger partial charge in [0.15, 0.2) is 0 Å². The van der Waals surface area contributed by atoms with Gasteiger partial charge in [0, 0.05) is 13.2 Å². The molecule has 0 amide bonds. The van der Waals surface area contributed by atoms with Crippen molar-refractivity contribution >= 4 is 32.3 Å². The molecule has 9 heteroatoms. The van der Waals surface area contributed by atoms with E-state index in [4.69, 9.17) is 0 Å². The molecule has 0 spiro atoms. The van der Waals surface area contributed by atoms with E-state index in [1.54, 1.807) is 13.1 Å². The SMILES string of the molecule is CNc1ncccc1S(=O)(=O)Nc1nncs1. The molecule has 2 aromatic rings. The van der Waals surface area contributed by atoms with Crippen LogP contribution in [0.25, 0.3) is 0 Å². The molecular weight excluding hydrogens is 262 g/mol. The maximum absolute atomic E-state index is 12.0. The van der Waals surface area contributed by atoms with Gasteiger partial charge >= 0.3 is 0 Å². The molecule has 7 nitrogen and oxygen atoms in total. The van der Waals surface area contributed by atoms with Crippen molar-refractivity contribution in [3.8, 4) is 0 Å². The molecule has 2 rings (SSSR count). The van der Waals surface area contributed by atoms with Gasteiger partial charge in [0.05, 0.1) is 0 Å². The van der Waals surface area contributed by atoms with E-state index in [1.165, 1.54) is 17.8 Å². The fourth-order valence-corrected chi connectivity index (χ4v) is 3.04. The quantitative estimate of drug-likeness (QED) is 0.852. The predicted octanol–water partition coefficient (Wildman–Crippen LogP) is 0.776. The van der Waals surface area contributed by atoms with Gasteiger partial charge in [0.1, 0.15) is 16.2 Å². The molecule has 0 radical (unpaired) electrons. The summed E-state index contributed by atoms with van der Waals surface area (Å²) < 4.78 is 26.4. The first-order valence-corrected chi connectivity index (χ1v) is 6.91. The van der Waals surface area contributed by atoms with E-state index in [2.05, 4.69) is 25.2 Å². The molecule has 0 aliphatic heterocycles. The summed E-state index contributed by atoms with van der Waals surface area (Å²) in [5, 5.41) is 10.1. The smallest absolute Gasteiger partial charge is 0.267 e. The summed E-state index contributed by atoms with van der Waals surface area (Å²) in [5.74, 6) is 0.282. The number of aromatic nitrogens is 3. The Morgan fingerprint density at radius 2 is 2.24 bits per heavy atom. The van der Waals surface area contributed by atoms with Crippen LogP contribution in [-0.4, -0.2) is 30.6 Å². The first-order valence-electron chi connectivity index (χ1n) is 4.55. The van der Waals surface area contributed by atoms with Crippen molar-refractivity contribution in [1.29, 1.82) is 0 Å². The lowest BCUT2D eigenvalue weighted by Gasteiger charge is -2.08. The van der Waals surface area contributed by atoms with Crippen molar-refractivity contribution in [2.45, 2.75) is 4.90 Å². The molecule has 0 unspecified atom stereocenters. The zero-order chi connectivity index (χ0) is 12.3. The van der Waals surface area contributed by atoms with Crippen LogP contribution in [0.3, 0.4) is 0 Å². The van der Waals surface area contributed by atoms with Gasteiger partial charge in [0.25, 0.3) is 10.0 Å². The third-order valence-corrected chi connectivity index (χ3v) is 3.99. The van der Waals surface area contributed by atoms with Crippen LogP contribution in [0.1, 0.15) is 0 Å². The number of hydrogen-bond acceptors (Lipinski definition) is 7. The highest BCUT2D eigenvalue weighted by Gasteiger charge is 2.19. The van der Waals surface area contributed by atoms with Gasteiger partial charge in [-0.3, -0.25) is 4.72 Å². The van der Waals surface area contributed by atoms with Crippen LogP contribution in [0.2, 0.25) is 0 Å². The summed E-state index contributed by atoms with van der Waals surface area (Å²) in [6, 6.07) is 3.01. The van der Waals surface area contributed by atoms with Crippen LogP contribution in [0.5, 0.6) is 0 Å². The van der Waals surface area contributed by atoms with E-state index in [1.807, 2.05) is 0 Å². The molecule has 0 aliphatic carbocycles. The second kappa shape index (κ2) is 4.63. The Morgan fingerprint density at radius 1 is 1.41 bits per heavy atom. The van der Waals surface area contributed by atoms with E-state index < -0.39 is 10.0 Å². The van der Waals surface area contributed by atoms with Crippen molar-refractivity contribution in [2.75, 3.05) is 17.1 Å². The number of sulfonamides is 1. The Kier molecular flexibility index (Phi) is 3.20. The molecule has 0 saturated carbocycles. The van der Waals surface area contributed by atoms with Crippen molar-refractivity contribution in [3.05, 3.63) is 23.8 Å². The maximum Gasteiger partial charge on any atom is 0.267 e. The molecule has 0 bridgehead atoms. The lowest BCUT2D eigenvalue weighted by molar-refractivity contribution is 0.601. The van der Waals surface area contributed by atoms with E-state index in [0.717, 1.165) is 11.3 Å². The molecule has 0 aliphatic rings. The molecule has 2 aromatic heterocycles. The van der Waals surface area contributed by atoms with Crippen LogP contribution in [0.15, 0.2) is 28.7 Å². The van der Waals surface area contributed by atoms with Crippen LogP contribution < -0.4 is 10.0 Å². The molecule has 90 valence electrons. The summed E-state index contributed by atoms with van der Waals surface area (Å²) in [5.41, 5.74) is 1.44. The van der Waals surface area contributed by atoms with Crippen molar-refractivity contribution in [1.82, 2.24) is 15.2 Å². The van der Waals surface area contributed by atoms with Gasteiger partial charge in [-0.2, -0.15) is 0 Å². The zero-order valence-corrected chi connectivity index (χ0v) is 10.4. The Labute approximate surface area is 102 Å². The highest BCUT2D eigenvalue weighted by atomic mass is 32.2. The minimum absolute atomic E-state index is 0.0673. The van der Waals surface area contributed by atoms with Gasteiger partial charge in [0.2, 0.25) is 5.13 Å². The summed E-state index contributed by atoms with van der Waals surface area (Å²) in [6.45, 7) is 0. The molecule has 2 N–H and O–H groups in total. The van der Waals surface area contributed by atoms with Crippen LogP contribution in [0.4, 0.5) is 10.9 Å². The normalized spacial score (nSPS) is 11.1. The molecule has 17 heavy (non-hydrogen) atoms. The molecular formula is C8H9N5O2S2. The zero-order valence-electron chi connectivity index (χ0n) is 8.78. The largest absolute Gasteiger partial charge is 0.372 e. The molecule has 0 fully saturated rings. The van der Waals surface area contributed by atoms with Gasteiger partial charge < -0.3 is 5.32 Å². The Hall–Kier alpha value is -1.74. The number of hydrogen-bond donors (Lipinski definition) is 2. The van der Waals surface area contributed by atoms with E-state index in [9.17, 15) is 8.42 Å². The van der Waals surface area contributed by atoms with Gasteiger partial charge in [-0.1, -0.05) is 11.3 Å². The highest BCUT2D eigenvalue weighted by molar-refractivity contribution is 7.93. The van der Waals surface area contributed by atoms with Gasteiger partial charge in [-0.15, -0.1) is 10.2 Å². The molecule has 0 atom stereocenters. The van der Waals surface area contributed by atoms with Crippen molar-refractivity contribution < 1.29 is 8.42 Å². The lowest BCUT2D eigenvalue weighted by atomic mass is 10.5. The molecule has 0 aromatic carbocycles. The van der Waals surface area contributed by atoms with E-state index in [-0.39, 0.29) is 15.8 Å². The van der Waals surface area contributed by atoms with E-state index >= 15 is 0 Å². The number of pyridine rings is 1. The van der Waals surface area contributed by atoms with Crippen LogP contribution >= 0.6 is 11.3 Å². The topological polar surface area (TPSA) is 96.9 Å². The average molecular weight is 271 g/mol. The fourth-order valence-electron chi connectivity index (χ4n) is 1.18. The average Bonchev–Trinajstić information content (AvgIpc) is 2.81. The van der Waals surface area contributed by atoms with Gasteiger partial charge in [-0.25, -0.2) is 13.4 Å². The maximum atomic E-state index is 12.0. The summed E-state index contributed by atoms with van der Waals surface area (Å²) in [7, 11) is -2.09. The number of rotatable bonds is 4. The first-order chi connectivity index (χ1) is 8.13. The number of nitrogens with one attached hydrogen (secondary N) is 2. The summed E-state index contributed by atoms with van der Waals surface area (Å²) in [6.07, 6.45) is 1.51. The van der Waals surface area contributed by atoms with Crippen LogP contribution in [0, 0.1) is 0 Å². The highest BCUT2D eigenvalue weighted by Crippen LogP contribution is 2.21. The minimum Gasteiger partial charge on any atom is -0.372 e. The predicted molar refractivity (Wildman–Crippen MR) is 64.5 cm³/mol. The second-order valence-corrected chi connectivity index (χ2v) is 5.43. The van der Waals surface area contributed by atoms with E-state index in [0.29, 0.717) is 0 Å². The van der Waals surface area contributed by atoms with Gasteiger partial charge in [-0.05, 0) is 12.1 Å². The third kappa shape index (κ3) is 2.50. The summed E-state index contributed by atoms with van der Waals surface area (Å²) >= 11 is 1.10. The van der Waals surface area contributed by atoms with Crippen molar-refractivity contribution in [3.63, 3.8) is 0 Å². The Morgan fingerprint density at radius 3 is 2.88 bits per heavy atom. The summed E-state index contributed by atoms with van der Waals surface area (Å²) in [4.78, 5) is 4.00. The Balaban J connectivity index is 2.38. The Bertz CT molecular complexity index is 596. The van der Waals surface area contributed by atoms with Crippen LogP contribution in [-0.2, 0) is 10.0 Å². The minimum atomic E-state index is -3.69. The monoisotopic (exact) mass is 271 g/mol. The lowest BCUT2D eigenvalue weighted by Crippen LogP contribution is -2.15. The number of anilines is 2. The fraction of sp³-hybridized carbons (Fsp3) is 0.125. The third-order valence-electron chi connectivity index (χ3n) is 1.88. The van der Waals surface area contributed by atoms with Crippen molar-refractivity contribution in [2.24, 2.45) is 0 Å². The standard InChI is InChI=1S/C8H9N5O2S2/c1-9-7-6(3-2-4-10-7)17(14,15)13-8-12-11-5-16-8/h2-5H,1H3,(H,9,10)(H,12,13). The number of nitrogens with zero attached hydrogens (tertiary/aromatic N) is 3. The molecule has 2 heterocycles. The molecule has 0 saturated heterocycles. The first kappa shape index (κ1) is 11.7.